The second kappa shape index (κ2) is 5.63. The van der Waals surface area contributed by atoms with Crippen LogP contribution in [0, 0.1) is 0 Å². The Bertz CT molecular complexity index is 805. The first-order valence-corrected chi connectivity index (χ1v) is 8.35. The summed E-state index contributed by atoms with van der Waals surface area (Å²) in [5.41, 5.74) is -0.980. The highest BCUT2D eigenvalue weighted by Crippen LogP contribution is 2.30. The zero-order chi connectivity index (χ0) is 17.5. The predicted octanol–water partition coefficient (Wildman–Crippen LogP) is 3.03. The average molecular weight is 347 g/mol. The average Bonchev–Trinajstić information content (AvgIpc) is 2.85. The highest BCUT2D eigenvalue weighted by Gasteiger charge is 2.32. The minimum absolute atomic E-state index is 0.323. The van der Waals surface area contributed by atoms with Gasteiger partial charge in [-0.1, -0.05) is 0 Å². The largest absolute Gasteiger partial charge is 0.416 e. The van der Waals surface area contributed by atoms with Crippen LogP contribution in [0.5, 0.6) is 0 Å². The fourth-order valence-electron chi connectivity index (χ4n) is 1.85. The lowest BCUT2D eigenvalue weighted by molar-refractivity contribution is -0.137. The van der Waals surface area contributed by atoms with Gasteiger partial charge in [0, 0.05) is 18.0 Å². The molecule has 0 radical (unpaired) electrons. The Morgan fingerprint density at radius 1 is 1.22 bits per heavy atom. The van der Waals surface area contributed by atoms with Gasteiger partial charge in [0.25, 0.3) is 0 Å². The van der Waals surface area contributed by atoms with Gasteiger partial charge in [-0.25, -0.2) is 13.4 Å². The van der Waals surface area contributed by atoms with Crippen LogP contribution >= 0.6 is 0 Å². The molecule has 0 spiro atoms. The zero-order valence-corrected chi connectivity index (χ0v) is 13.6. The minimum atomic E-state index is -4.62. The number of alkyl halides is 3. The molecule has 2 aromatic heterocycles. The molecule has 0 unspecified atom stereocenters. The number of nitrogens with zero attached hydrogens (tertiary/aromatic N) is 3. The van der Waals surface area contributed by atoms with Crippen molar-refractivity contribution in [3.05, 3.63) is 41.9 Å². The molecule has 0 amide bonds. The third-order valence-corrected chi connectivity index (χ3v) is 4.63. The molecule has 5 nitrogen and oxygen atoms in total. The third-order valence-electron chi connectivity index (χ3n) is 3.06. The summed E-state index contributed by atoms with van der Waals surface area (Å²) in [7, 11) is -3.99. The molecule has 0 N–H and O–H groups in total. The van der Waals surface area contributed by atoms with E-state index >= 15 is 0 Å². The van der Waals surface area contributed by atoms with Gasteiger partial charge in [0.15, 0.2) is 14.9 Å². The van der Waals surface area contributed by atoms with Gasteiger partial charge in [-0.15, -0.1) is 0 Å². The van der Waals surface area contributed by atoms with E-state index < -0.39 is 32.4 Å². The van der Waals surface area contributed by atoms with E-state index in [1.54, 1.807) is 10.9 Å². The van der Waals surface area contributed by atoms with Crippen molar-refractivity contribution in [1.82, 2.24) is 14.8 Å². The van der Waals surface area contributed by atoms with E-state index in [1.165, 1.54) is 6.20 Å². The molecular formula is C14H16F3N3O2S. The van der Waals surface area contributed by atoms with Crippen LogP contribution in [-0.4, -0.2) is 23.2 Å². The SMILES string of the molecule is CC(C)(C)n1cc(CS(=O)(=O)c2cc(C(F)(F)F)ccn2)cn1. The number of hydrogen-bond acceptors (Lipinski definition) is 4. The first-order valence-electron chi connectivity index (χ1n) is 6.70. The van der Waals surface area contributed by atoms with Crippen LogP contribution in [0.25, 0.3) is 0 Å². The van der Waals surface area contributed by atoms with E-state index in [0.29, 0.717) is 11.6 Å². The quantitative estimate of drug-likeness (QED) is 0.856. The van der Waals surface area contributed by atoms with Crippen molar-refractivity contribution in [2.75, 3.05) is 0 Å². The number of halogens is 3. The van der Waals surface area contributed by atoms with Crippen LogP contribution in [0.2, 0.25) is 0 Å². The molecule has 0 aliphatic heterocycles. The molecule has 0 atom stereocenters. The van der Waals surface area contributed by atoms with E-state index in [9.17, 15) is 21.6 Å². The van der Waals surface area contributed by atoms with E-state index in [-0.39, 0.29) is 5.54 Å². The van der Waals surface area contributed by atoms with E-state index in [2.05, 4.69) is 10.1 Å². The number of pyridine rings is 1. The topological polar surface area (TPSA) is 64.8 Å². The molecule has 2 rings (SSSR count). The van der Waals surface area contributed by atoms with Gasteiger partial charge >= 0.3 is 6.18 Å². The molecule has 0 fully saturated rings. The fourth-order valence-corrected chi connectivity index (χ4v) is 3.11. The van der Waals surface area contributed by atoms with Crippen molar-refractivity contribution in [1.29, 1.82) is 0 Å². The predicted molar refractivity (Wildman–Crippen MR) is 77.4 cm³/mol. The van der Waals surface area contributed by atoms with Crippen LogP contribution in [0.4, 0.5) is 13.2 Å². The Morgan fingerprint density at radius 3 is 2.39 bits per heavy atom. The maximum atomic E-state index is 12.7. The van der Waals surface area contributed by atoms with Gasteiger partial charge in [0.2, 0.25) is 0 Å². The summed E-state index contributed by atoms with van der Waals surface area (Å²) in [6, 6.07) is 1.28. The standard InChI is InChI=1S/C14H16F3N3O2S/c1-13(2,3)20-8-10(7-19-20)9-23(21,22)12-6-11(4-5-18-12)14(15,16)17/h4-8H,9H2,1-3H3. The molecule has 126 valence electrons. The molecule has 0 saturated carbocycles. The Labute approximate surface area is 132 Å². The molecule has 2 heterocycles. The van der Waals surface area contributed by atoms with Crippen molar-refractivity contribution in [2.45, 2.75) is 43.3 Å². The Morgan fingerprint density at radius 2 is 1.87 bits per heavy atom. The summed E-state index contributed by atoms with van der Waals surface area (Å²) in [4.78, 5) is 3.56. The molecule has 9 heteroatoms. The molecule has 23 heavy (non-hydrogen) atoms. The second-order valence-electron chi connectivity index (χ2n) is 6.10. The first-order chi connectivity index (χ1) is 10.4. The van der Waals surface area contributed by atoms with Crippen molar-refractivity contribution in [3.8, 4) is 0 Å². The van der Waals surface area contributed by atoms with E-state index in [4.69, 9.17) is 0 Å². The maximum Gasteiger partial charge on any atom is 0.416 e. The van der Waals surface area contributed by atoms with Crippen molar-refractivity contribution >= 4 is 9.84 Å². The van der Waals surface area contributed by atoms with Gasteiger partial charge in [0.05, 0.1) is 23.1 Å². The summed E-state index contributed by atoms with van der Waals surface area (Å²) < 4.78 is 64.2. The summed E-state index contributed by atoms with van der Waals surface area (Å²) in [5, 5.41) is 3.47. The molecule has 0 aliphatic carbocycles. The van der Waals surface area contributed by atoms with Crippen molar-refractivity contribution in [2.24, 2.45) is 0 Å². The summed E-state index contributed by atoms with van der Waals surface area (Å²) in [6.45, 7) is 5.69. The first kappa shape index (κ1) is 17.5. The Kier molecular flexibility index (Phi) is 4.27. The normalized spacial score (nSPS) is 13.3. The van der Waals surface area contributed by atoms with Crippen molar-refractivity contribution < 1.29 is 21.6 Å². The lowest BCUT2D eigenvalue weighted by Crippen LogP contribution is -2.22. The van der Waals surface area contributed by atoms with Crippen LogP contribution in [0.15, 0.2) is 35.7 Å². The highest BCUT2D eigenvalue weighted by atomic mass is 32.2. The Balaban J connectivity index is 2.31. The maximum absolute atomic E-state index is 12.7. The van der Waals surface area contributed by atoms with Gasteiger partial charge < -0.3 is 0 Å². The molecule has 2 aromatic rings. The monoisotopic (exact) mass is 347 g/mol. The third kappa shape index (κ3) is 4.10. The molecular weight excluding hydrogens is 331 g/mol. The van der Waals surface area contributed by atoms with Crippen LogP contribution in [0.1, 0.15) is 31.9 Å². The van der Waals surface area contributed by atoms with Gasteiger partial charge in [0.1, 0.15) is 0 Å². The van der Waals surface area contributed by atoms with E-state index in [0.717, 1.165) is 12.3 Å². The lowest BCUT2D eigenvalue weighted by Gasteiger charge is -2.18. The fraction of sp³-hybridized carbons (Fsp3) is 0.429. The highest BCUT2D eigenvalue weighted by molar-refractivity contribution is 7.90. The summed E-state index contributed by atoms with van der Waals surface area (Å²) >= 11 is 0. The Hall–Kier alpha value is -1.90. The smallest absolute Gasteiger partial charge is 0.267 e. The van der Waals surface area contributed by atoms with Crippen LogP contribution in [-0.2, 0) is 27.3 Å². The number of rotatable bonds is 3. The van der Waals surface area contributed by atoms with E-state index in [1.807, 2.05) is 20.8 Å². The number of hydrogen-bond donors (Lipinski definition) is 0. The van der Waals surface area contributed by atoms with Gasteiger partial charge in [-0.3, -0.25) is 4.68 Å². The summed E-state index contributed by atoms with van der Waals surface area (Å²) in [5.74, 6) is -0.461. The van der Waals surface area contributed by atoms with Crippen molar-refractivity contribution in [3.63, 3.8) is 0 Å². The van der Waals surface area contributed by atoms with Crippen LogP contribution < -0.4 is 0 Å². The number of aromatic nitrogens is 3. The molecule has 0 saturated heterocycles. The van der Waals surface area contributed by atoms with Gasteiger partial charge in [-0.05, 0) is 32.9 Å². The molecule has 0 aromatic carbocycles. The van der Waals surface area contributed by atoms with Crippen LogP contribution in [0.3, 0.4) is 0 Å². The van der Waals surface area contributed by atoms with Gasteiger partial charge in [-0.2, -0.15) is 18.3 Å². The summed E-state index contributed by atoms with van der Waals surface area (Å²) in [6.07, 6.45) is -0.833. The molecule has 0 bridgehead atoms. The molecule has 0 aliphatic rings. The minimum Gasteiger partial charge on any atom is -0.267 e. The number of sulfone groups is 1. The zero-order valence-electron chi connectivity index (χ0n) is 12.8. The second-order valence-corrected chi connectivity index (χ2v) is 8.04. The lowest BCUT2D eigenvalue weighted by atomic mass is 10.1.